The first-order valence-electron chi connectivity index (χ1n) is 10.1. The van der Waals surface area contributed by atoms with Crippen molar-refractivity contribution in [3.8, 4) is 0 Å². The predicted octanol–water partition coefficient (Wildman–Crippen LogP) is 1.42. The summed E-state index contributed by atoms with van der Waals surface area (Å²) in [4.78, 5) is 15.0. The van der Waals surface area contributed by atoms with Crippen molar-refractivity contribution in [2.45, 2.75) is 57.5 Å². The first kappa shape index (κ1) is 21.2. The third-order valence-corrected chi connectivity index (χ3v) is 7.59. The third-order valence-electron chi connectivity index (χ3n) is 5.55. The molecule has 2 heterocycles. The molecule has 2 atom stereocenters. The standard InChI is InChI=1S/C20H32N4O3S/c1-14(2)11-17-13-18(22-21-17)20(25)23-7-9-24(10-8-23)28(26,27)19-12-15(3)5-6-16(19)4/h5-6,12,14,17-18,21-22H,7-11,13H2,1-4H3. The molecule has 8 heteroatoms. The van der Waals surface area contributed by atoms with Crippen LogP contribution in [0.15, 0.2) is 23.1 Å². The summed E-state index contributed by atoms with van der Waals surface area (Å²) in [5.41, 5.74) is 8.01. The lowest BCUT2D eigenvalue weighted by molar-refractivity contribution is -0.134. The Kier molecular flexibility index (Phi) is 6.44. The van der Waals surface area contributed by atoms with Crippen LogP contribution in [0.4, 0.5) is 0 Å². The van der Waals surface area contributed by atoms with E-state index in [0.717, 1.165) is 24.0 Å². The van der Waals surface area contributed by atoms with Gasteiger partial charge >= 0.3 is 0 Å². The average molecular weight is 409 g/mol. The smallest absolute Gasteiger partial charge is 0.243 e. The molecule has 0 radical (unpaired) electrons. The van der Waals surface area contributed by atoms with Crippen molar-refractivity contribution >= 4 is 15.9 Å². The minimum absolute atomic E-state index is 0.0579. The molecule has 3 rings (SSSR count). The molecule has 1 aromatic rings. The fraction of sp³-hybridized carbons (Fsp3) is 0.650. The van der Waals surface area contributed by atoms with Crippen molar-refractivity contribution in [2.75, 3.05) is 26.2 Å². The second-order valence-electron chi connectivity index (χ2n) is 8.40. The number of piperazine rings is 1. The highest BCUT2D eigenvalue weighted by Gasteiger charge is 2.36. The number of carbonyl (C=O) groups excluding carboxylic acids is 1. The maximum atomic E-state index is 13.0. The summed E-state index contributed by atoms with van der Waals surface area (Å²) in [7, 11) is -3.54. The molecule has 0 aliphatic carbocycles. The molecule has 0 spiro atoms. The molecular formula is C20H32N4O3S. The SMILES string of the molecule is Cc1ccc(C)c(S(=O)(=O)N2CCN(C(=O)C3CC(CC(C)C)NN3)CC2)c1. The molecule has 2 unspecified atom stereocenters. The fourth-order valence-electron chi connectivity index (χ4n) is 4.00. The second-order valence-corrected chi connectivity index (χ2v) is 10.3. The monoisotopic (exact) mass is 408 g/mol. The van der Waals surface area contributed by atoms with E-state index in [1.165, 1.54) is 4.31 Å². The van der Waals surface area contributed by atoms with Crippen LogP contribution in [0.3, 0.4) is 0 Å². The van der Waals surface area contributed by atoms with Gasteiger partial charge in [-0.1, -0.05) is 26.0 Å². The van der Waals surface area contributed by atoms with Crippen molar-refractivity contribution in [3.05, 3.63) is 29.3 Å². The van der Waals surface area contributed by atoms with Crippen molar-refractivity contribution in [1.29, 1.82) is 0 Å². The van der Waals surface area contributed by atoms with Crippen LogP contribution in [0.25, 0.3) is 0 Å². The van der Waals surface area contributed by atoms with Crippen LogP contribution in [-0.4, -0.2) is 61.8 Å². The highest BCUT2D eigenvalue weighted by atomic mass is 32.2. The summed E-state index contributed by atoms with van der Waals surface area (Å²) in [6.45, 7) is 9.57. The number of rotatable bonds is 5. The van der Waals surface area contributed by atoms with Crippen LogP contribution < -0.4 is 10.9 Å². The molecule has 7 nitrogen and oxygen atoms in total. The average Bonchev–Trinajstić information content (AvgIpc) is 3.10. The van der Waals surface area contributed by atoms with Gasteiger partial charge in [0.1, 0.15) is 6.04 Å². The number of aryl methyl sites for hydroxylation is 2. The van der Waals surface area contributed by atoms with Gasteiger partial charge < -0.3 is 4.90 Å². The third kappa shape index (κ3) is 4.56. The van der Waals surface area contributed by atoms with Crippen molar-refractivity contribution in [2.24, 2.45) is 5.92 Å². The van der Waals surface area contributed by atoms with Crippen molar-refractivity contribution in [3.63, 3.8) is 0 Å². The summed E-state index contributed by atoms with van der Waals surface area (Å²) in [5, 5.41) is 0. The Labute approximate surface area is 168 Å². The first-order valence-corrected chi connectivity index (χ1v) is 11.5. The summed E-state index contributed by atoms with van der Waals surface area (Å²) < 4.78 is 27.6. The molecular weight excluding hydrogens is 376 g/mol. The van der Waals surface area contributed by atoms with Gasteiger partial charge in [-0.25, -0.2) is 13.8 Å². The van der Waals surface area contributed by atoms with Gasteiger partial charge in [0.2, 0.25) is 15.9 Å². The zero-order valence-corrected chi connectivity index (χ0v) is 18.1. The molecule has 0 aromatic heterocycles. The van der Waals surface area contributed by atoms with Crippen molar-refractivity contribution in [1.82, 2.24) is 20.1 Å². The van der Waals surface area contributed by atoms with Gasteiger partial charge in [-0.2, -0.15) is 4.31 Å². The molecule has 2 saturated heterocycles. The summed E-state index contributed by atoms with van der Waals surface area (Å²) in [5.74, 6) is 0.634. The van der Waals surface area contributed by atoms with E-state index in [4.69, 9.17) is 0 Å². The van der Waals surface area contributed by atoms with E-state index in [1.54, 1.807) is 11.0 Å². The highest BCUT2D eigenvalue weighted by Crippen LogP contribution is 2.23. The van der Waals surface area contributed by atoms with E-state index in [-0.39, 0.29) is 11.9 Å². The Bertz CT molecular complexity index is 817. The van der Waals surface area contributed by atoms with Gasteiger partial charge in [-0.3, -0.25) is 10.2 Å². The molecule has 0 saturated carbocycles. The van der Waals surface area contributed by atoms with Crippen LogP contribution in [0.2, 0.25) is 0 Å². The Morgan fingerprint density at radius 1 is 1.14 bits per heavy atom. The minimum Gasteiger partial charge on any atom is -0.339 e. The molecule has 1 aromatic carbocycles. The number of sulfonamides is 1. The molecule has 156 valence electrons. The Morgan fingerprint density at radius 3 is 2.46 bits per heavy atom. The van der Waals surface area contributed by atoms with Gasteiger partial charge in [0.05, 0.1) is 4.90 Å². The van der Waals surface area contributed by atoms with Crippen molar-refractivity contribution < 1.29 is 13.2 Å². The number of nitrogens with one attached hydrogen (secondary N) is 2. The molecule has 2 fully saturated rings. The van der Waals surface area contributed by atoms with E-state index in [9.17, 15) is 13.2 Å². The van der Waals surface area contributed by atoms with E-state index in [0.29, 0.717) is 43.0 Å². The van der Waals surface area contributed by atoms with E-state index in [1.807, 2.05) is 26.0 Å². The second kappa shape index (κ2) is 8.49. The van der Waals surface area contributed by atoms with Gasteiger partial charge in [-0.15, -0.1) is 0 Å². The zero-order chi connectivity index (χ0) is 20.5. The number of carbonyl (C=O) groups is 1. The molecule has 0 bridgehead atoms. The maximum absolute atomic E-state index is 13.0. The van der Waals surface area contributed by atoms with Gasteiger partial charge in [0, 0.05) is 32.2 Å². The van der Waals surface area contributed by atoms with Gasteiger partial charge in [0.15, 0.2) is 0 Å². The van der Waals surface area contributed by atoms with Crippen LogP contribution in [0, 0.1) is 19.8 Å². The maximum Gasteiger partial charge on any atom is 0.243 e. The quantitative estimate of drug-likeness (QED) is 0.770. The molecule has 2 aliphatic heterocycles. The zero-order valence-electron chi connectivity index (χ0n) is 17.2. The largest absolute Gasteiger partial charge is 0.339 e. The first-order chi connectivity index (χ1) is 13.2. The number of amides is 1. The Balaban J connectivity index is 1.60. The number of benzene rings is 1. The Hall–Kier alpha value is -1.48. The lowest BCUT2D eigenvalue weighted by Gasteiger charge is -2.35. The Morgan fingerprint density at radius 2 is 1.82 bits per heavy atom. The summed E-state index contributed by atoms with van der Waals surface area (Å²) in [6.07, 6.45) is 1.80. The topological polar surface area (TPSA) is 81.8 Å². The van der Waals surface area contributed by atoms with E-state index < -0.39 is 10.0 Å². The predicted molar refractivity (Wildman–Crippen MR) is 109 cm³/mol. The lowest BCUT2D eigenvalue weighted by atomic mass is 9.99. The molecule has 2 aliphatic rings. The van der Waals surface area contributed by atoms with E-state index >= 15 is 0 Å². The number of hydrogen-bond donors (Lipinski definition) is 2. The van der Waals surface area contributed by atoms with Crippen LogP contribution in [0.5, 0.6) is 0 Å². The summed E-state index contributed by atoms with van der Waals surface area (Å²) in [6, 6.07) is 5.56. The van der Waals surface area contributed by atoms with Gasteiger partial charge in [-0.05, 0) is 49.8 Å². The number of nitrogens with zero attached hydrogens (tertiary/aromatic N) is 2. The number of hydrogen-bond acceptors (Lipinski definition) is 5. The number of hydrazine groups is 1. The van der Waals surface area contributed by atoms with E-state index in [2.05, 4.69) is 24.7 Å². The van der Waals surface area contributed by atoms with Crippen LogP contribution >= 0.6 is 0 Å². The van der Waals surface area contributed by atoms with Crippen LogP contribution in [0.1, 0.15) is 37.8 Å². The lowest BCUT2D eigenvalue weighted by Crippen LogP contribution is -2.54. The molecule has 1 amide bonds. The normalized spacial score (nSPS) is 24.1. The van der Waals surface area contributed by atoms with Crippen LogP contribution in [-0.2, 0) is 14.8 Å². The minimum atomic E-state index is -3.54. The summed E-state index contributed by atoms with van der Waals surface area (Å²) >= 11 is 0. The molecule has 28 heavy (non-hydrogen) atoms. The van der Waals surface area contributed by atoms with Gasteiger partial charge in [0.25, 0.3) is 0 Å². The fourth-order valence-corrected chi connectivity index (χ4v) is 5.73. The highest BCUT2D eigenvalue weighted by molar-refractivity contribution is 7.89. The molecule has 2 N–H and O–H groups in total.